The molecule has 25 heavy (non-hydrogen) atoms. The van der Waals surface area contributed by atoms with Gasteiger partial charge < -0.3 is 22.8 Å². The van der Waals surface area contributed by atoms with Crippen molar-refractivity contribution in [1.82, 2.24) is 0 Å². The van der Waals surface area contributed by atoms with Crippen molar-refractivity contribution in [3.05, 3.63) is 63.7 Å². The monoisotopic (exact) mass is 398 g/mol. The minimum absolute atomic E-state index is 0. The maximum absolute atomic E-state index is 7.00. The van der Waals surface area contributed by atoms with Gasteiger partial charge in [-0.15, -0.1) is 4.75 Å². The van der Waals surface area contributed by atoms with E-state index < -0.39 is 0 Å². The van der Waals surface area contributed by atoms with Gasteiger partial charge in [0.1, 0.15) is 0 Å². The van der Waals surface area contributed by atoms with Crippen molar-refractivity contribution < 1.29 is 31.9 Å². The Morgan fingerprint density at radius 3 is 1.20 bits per heavy atom. The Morgan fingerprint density at radius 2 is 1.00 bits per heavy atom. The summed E-state index contributed by atoms with van der Waals surface area (Å²) in [5.41, 5.74) is 8.29. The topological polar surface area (TPSA) is 40.5 Å². The van der Waals surface area contributed by atoms with Crippen LogP contribution in [-0.4, -0.2) is 24.4 Å². The molecule has 140 valence electrons. The third-order valence-electron chi connectivity index (χ3n) is 4.16. The maximum atomic E-state index is 7.00. The van der Waals surface area contributed by atoms with E-state index in [0.717, 1.165) is 14.2 Å². The van der Waals surface area contributed by atoms with Gasteiger partial charge in [-0.3, -0.25) is 0 Å². The molecule has 0 aliphatic heterocycles. The number of aliphatic hydroxyl groups excluding tert-OH is 2. The molecule has 4 heteroatoms. The molecule has 2 N–H and O–H groups in total. The summed E-state index contributed by atoms with van der Waals surface area (Å²) in [6.07, 6.45) is 0. The second kappa shape index (κ2) is 14.7. The van der Waals surface area contributed by atoms with Crippen LogP contribution in [0.1, 0.15) is 47.2 Å². The van der Waals surface area contributed by atoms with E-state index in [0.29, 0.717) is 0 Å². The fourth-order valence-corrected chi connectivity index (χ4v) is 3.03. The van der Waals surface area contributed by atoms with Crippen LogP contribution in [0.4, 0.5) is 0 Å². The SMILES string of the molecule is CO.CO.Cc1c(C)c(C)c(C(C)(C)[S-])c(C)c1C.[Ti+2].c1cc[cH-]c1. The molecule has 0 saturated heterocycles. The van der Waals surface area contributed by atoms with Crippen LogP contribution in [0, 0.1) is 34.6 Å². The van der Waals surface area contributed by atoms with Crippen molar-refractivity contribution >= 4 is 12.6 Å². The largest absolute Gasteiger partial charge is 2.00 e. The molecule has 2 nitrogen and oxygen atoms in total. The molecule has 0 unspecified atom stereocenters. The summed E-state index contributed by atoms with van der Waals surface area (Å²) in [6.45, 7) is 15.2. The Balaban J connectivity index is -0.000000404. The Morgan fingerprint density at radius 1 is 0.720 bits per heavy atom. The predicted molar refractivity (Wildman–Crippen MR) is 109 cm³/mol. The molecule has 0 aliphatic carbocycles. The first kappa shape index (κ1) is 29.3. The van der Waals surface area contributed by atoms with Gasteiger partial charge in [-0.25, -0.2) is 12.1 Å². The summed E-state index contributed by atoms with van der Waals surface area (Å²) in [4.78, 5) is 0. The molecule has 0 spiro atoms. The van der Waals surface area contributed by atoms with E-state index in [4.69, 9.17) is 22.8 Å². The summed E-state index contributed by atoms with van der Waals surface area (Å²) in [5.74, 6) is 0. The smallest absolute Gasteiger partial charge is 0.782 e. The minimum Gasteiger partial charge on any atom is -0.782 e. The van der Waals surface area contributed by atoms with Crippen LogP contribution in [0.25, 0.3) is 0 Å². The van der Waals surface area contributed by atoms with Crippen molar-refractivity contribution in [2.24, 2.45) is 0 Å². The molecule has 0 saturated carbocycles. The molecule has 0 bridgehead atoms. The predicted octanol–water partition coefficient (Wildman–Crippen LogP) is 4.63. The molecule has 0 fully saturated rings. The average Bonchev–Trinajstić information content (AvgIpc) is 3.13. The minimum atomic E-state index is -0.169. The molecule has 2 rings (SSSR count). The molecule has 0 aromatic heterocycles. The molecular formula is C21H34O2STi. The number of rotatable bonds is 1. The Bertz CT molecular complexity index is 524. The van der Waals surface area contributed by atoms with Crippen molar-refractivity contribution in [3.63, 3.8) is 0 Å². The second-order valence-corrected chi connectivity index (χ2v) is 6.99. The summed E-state index contributed by atoms with van der Waals surface area (Å²) in [6, 6.07) is 10.0. The second-order valence-electron chi connectivity index (χ2n) is 5.97. The maximum Gasteiger partial charge on any atom is 2.00 e. The molecule has 0 atom stereocenters. The Labute approximate surface area is 175 Å². The van der Waals surface area contributed by atoms with Gasteiger partial charge in [-0.1, -0.05) is 19.4 Å². The van der Waals surface area contributed by atoms with Crippen LogP contribution in [-0.2, 0) is 39.1 Å². The van der Waals surface area contributed by atoms with Crippen molar-refractivity contribution in [3.8, 4) is 0 Å². The van der Waals surface area contributed by atoms with Crippen LogP contribution in [0.3, 0.4) is 0 Å². The van der Waals surface area contributed by atoms with Gasteiger partial charge >= 0.3 is 21.7 Å². The van der Waals surface area contributed by atoms with Crippen molar-refractivity contribution in [1.29, 1.82) is 0 Å². The van der Waals surface area contributed by atoms with Gasteiger partial charge in [0.05, 0.1) is 0 Å². The van der Waals surface area contributed by atoms with Crippen molar-refractivity contribution in [2.75, 3.05) is 14.2 Å². The van der Waals surface area contributed by atoms with Crippen LogP contribution in [0.5, 0.6) is 0 Å². The first-order valence-electron chi connectivity index (χ1n) is 8.02. The quantitative estimate of drug-likeness (QED) is 0.418. The zero-order chi connectivity index (χ0) is 19.5. The molecule has 2 aromatic carbocycles. The van der Waals surface area contributed by atoms with Crippen LogP contribution >= 0.6 is 0 Å². The van der Waals surface area contributed by atoms with Gasteiger partial charge in [-0.05, 0) is 62.4 Å². The summed E-state index contributed by atoms with van der Waals surface area (Å²) in [5, 5.41) is 14.0. The Kier molecular flexibility index (Phi) is 17.2. The van der Waals surface area contributed by atoms with E-state index in [1.807, 2.05) is 30.3 Å². The Hall–Kier alpha value is -0.446. The van der Waals surface area contributed by atoms with E-state index in [2.05, 4.69) is 48.5 Å². The molecule has 0 aliphatic rings. The fraction of sp³-hybridized carbons (Fsp3) is 0.476. The number of hydrogen-bond acceptors (Lipinski definition) is 3. The molecule has 0 radical (unpaired) electrons. The van der Waals surface area contributed by atoms with Gasteiger partial charge in [-0.2, -0.15) is 18.2 Å². The summed E-state index contributed by atoms with van der Waals surface area (Å²) in [7, 11) is 2.00. The number of hydrogen-bond donors (Lipinski definition) is 2. The zero-order valence-corrected chi connectivity index (χ0v) is 19.6. The van der Waals surface area contributed by atoms with Crippen molar-refractivity contribution in [2.45, 2.75) is 53.2 Å². The van der Waals surface area contributed by atoms with Gasteiger partial charge in [0.2, 0.25) is 0 Å². The van der Waals surface area contributed by atoms with E-state index in [-0.39, 0.29) is 26.5 Å². The molecule has 2 aromatic rings. The van der Waals surface area contributed by atoms with Crippen LogP contribution in [0.2, 0.25) is 0 Å². The number of benzene rings is 1. The summed E-state index contributed by atoms with van der Waals surface area (Å²) < 4.78 is -0.169. The molecule has 0 amide bonds. The summed E-state index contributed by atoms with van der Waals surface area (Å²) >= 11 is 5.59. The first-order chi connectivity index (χ1) is 11.2. The van der Waals surface area contributed by atoms with E-state index in [1.54, 1.807) is 0 Å². The third-order valence-corrected chi connectivity index (χ3v) is 4.36. The first-order valence-corrected chi connectivity index (χ1v) is 8.42. The van der Waals surface area contributed by atoms with E-state index in [1.165, 1.54) is 33.4 Å². The average molecular weight is 398 g/mol. The standard InChI is InChI=1S/C14H22S.C5H5.2CH4O.Ti/c1-8-9(2)11(4)13(14(6,7)15)12(5)10(8)3;1-2-4-5-3-1;2*1-2;/h15H,1-7H3;1-5H;2*2H,1H3;/q;-1;;;+2/p-1. The van der Waals surface area contributed by atoms with Crippen LogP contribution < -0.4 is 0 Å². The van der Waals surface area contributed by atoms with E-state index >= 15 is 0 Å². The molecule has 0 heterocycles. The van der Waals surface area contributed by atoms with E-state index in [9.17, 15) is 0 Å². The van der Waals surface area contributed by atoms with Gasteiger partial charge in [0, 0.05) is 14.2 Å². The number of aliphatic hydroxyl groups is 2. The third kappa shape index (κ3) is 9.17. The fourth-order valence-electron chi connectivity index (χ4n) is 2.72. The van der Waals surface area contributed by atoms with Gasteiger partial charge in [0.15, 0.2) is 0 Å². The zero-order valence-electron chi connectivity index (χ0n) is 17.2. The van der Waals surface area contributed by atoms with Gasteiger partial charge in [0.25, 0.3) is 0 Å². The molecular weight excluding hydrogens is 364 g/mol. The normalized spacial score (nSPS) is 9.28. The van der Waals surface area contributed by atoms with Crippen LogP contribution in [0.15, 0.2) is 30.3 Å².